The van der Waals surface area contributed by atoms with Gasteiger partial charge in [0.15, 0.2) is 0 Å². The molecule has 1 saturated heterocycles. The Labute approximate surface area is 155 Å². The average molecular weight is 363 g/mol. The molecular weight excluding hydrogens is 334 g/mol. The van der Waals surface area contributed by atoms with Crippen LogP contribution in [0.5, 0.6) is 0 Å². The van der Waals surface area contributed by atoms with E-state index in [9.17, 15) is 9.59 Å². The topological polar surface area (TPSA) is 65.1 Å². The molecule has 6 nitrogen and oxygen atoms in total. The largest absolute Gasteiger partial charge is 0.443 e. The minimum Gasteiger partial charge on any atom is -0.443 e. The SMILES string of the molecule is CC(C)(C)OC(=O)N1C(=O)COCC1CCCCOCc1ccccc1. The second kappa shape index (κ2) is 9.69. The Kier molecular flexibility index (Phi) is 7.60. The quantitative estimate of drug-likeness (QED) is 0.693. The predicted octanol–water partition coefficient (Wildman–Crippen LogP) is 3.54. The molecule has 0 spiro atoms. The Morgan fingerprint density at radius 3 is 2.65 bits per heavy atom. The molecule has 2 amide bonds. The predicted molar refractivity (Wildman–Crippen MR) is 97.6 cm³/mol. The van der Waals surface area contributed by atoms with Gasteiger partial charge in [-0.1, -0.05) is 30.3 Å². The van der Waals surface area contributed by atoms with Gasteiger partial charge in [-0.25, -0.2) is 9.69 Å². The molecule has 6 heteroatoms. The van der Waals surface area contributed by atoms with Crippen LogP contribution in [0.25, 0.3) is 0 Å². The summed E-state index contributed by atoms with van der Waals surface area (Å²) in [7, 11) is 0. The molecule has 1 aliphatic rings. The van der Waals surface area contributed by atoms with Gasteiger partial charge >= 0.3 is 6.09 Å². The zero-order chi connectivity index (χ0) is 19.0. The summed E-state index contributed by atoms with van der Waals surface area (Å²) in [5.74, 6) is -0.337. The number of imide groups is 1. The number of morpholine rings is 1. The van der Waals surface area contributed by atoms with Crippen LogP contribution < -0.4 is 0 Å². The highest BCUT2D eigenvalue weighted by molar-refractivity contribution is 5.93. The van der Waals surface area contributed by atoms with E-state index >= 15 is 0 Å². The second-order valence-corrected chi connectivity index (χ2v) is 7.45. The molecule has 144 valence electrons. The average Bonchev–Trinajstić information content (AvgIpc) is 2.57. The van der Waals surface area contributed by atoms with E-state index in [1.54, 1.807) is 20.8 Å². The van der Waals surface area contributed by atoms with Crippen molar-refractivity contribution in [3.8, 4) is 0 Å². The van der Waals surface area contributed by atoms with Gasteiger partial charge < -0.3 is 14.2 Å². The molecule has 0 aliphatic carbocycles. The first-order valence-electron chi connectivity index (χ1n) is 9.11. The van der Waals surface area contributed by atoms with E-state index in [0.29, 0.717) is 26.2 Å². The lowest BCUT2D eigenvalue weighted by Gasteiger charge is -2.35. The first-order chi connectivity index (χ1) is 12.4. The van der Waals surface area contributed by atoms with Crippen LogP contribution in [0.4, 0.5) is 4.79 Å². The van der Waals surface area contributed by atoms with Crippen molar-refractivity contribution in [3.63, 3.8) is 0 Å². The summed E-state index contributed by atoms with van der Waals surface area (Å²) in [6.07, 6.45) is 1.80. The molecule has 0 N–H and O–H groups in total. The van der Waals surface area contributed by atoms with Gasteiger partial charge in [-0.15, -0.1) is 0 Å². The van der Waals surface area contributed by atoms with Crippen LogP contribution in [0, 0.1) is 0 Å². The minimum atomic E-state index is -0.633. The van der Waals surface area contributed by atoms with Crippen molar-refractivity contribution in [1.29, 1.82) is 0 Å². The third kappa shape index (κ3) is 6.77. The van der Waals surface area contributed by atoms with Crippen LogP contribution in [0.2, 0.25) is 0 Å². The molecule has 2 rings (SSSR count). The second-order valence-electron chi connectivity index (χ2n) is 7.45. The van der Waals surface area contributed by atoms with E-state index in [0.717, 1.165) is 18.4 Å². The van der Waals surface area contributed by atoms with Gasteiger partial charge in [-0.3, -0.25) is 4.79 Å². The number of benzene rings is 1. The van der Waals surface area contributed by atoms with Gasteiger partial charge in [0, 0.05) is 6.61 Å². The molecule has 1 aromatic carbocycles. The minimum absolute atomic E-state index is 0.0735. The van der Waals surface area contributed by atoms with Crippen molar-refractivity contribution in [2.24, 2.45) is 0 Å². The molecule has 1 aliphatic heterocycles. The van der Waals surface area contributed by atoms with Gasteiger partial charge in [-0.05, 0) is 45.6 Å². The van der Waals surface area contributed by atoms with Crippen LogP contribution in [0.15, 0.2) is 30.3 Å². The van der Waals surface area contributed by atoms with Crippen molar-refractivity contribution in [2.75, 3.05) is 19.8 Å². The highest BCUT2D eigenvalue weighted by Crippen LogP contribution is 2.19. The van der Waals surface area contributed by atoms with E-state index in [2.05, 4.69) is 0 Å². The molecule has 1 atom stereocenters. The number of hydrogen-bond donors (Lipinski definition) is 0. The van der Waals surface area contributed by atoms with Gasteiger partial charge in [0.1, 0.15) is 12.2 Å². The normalized spacial score (nSPS) is 18.0. The molecule has 1 fully saturated rings. The standard InChI is InChI=1S/C20H29NO5/c1-20(2,3)26-19(23)21-17(14-25-15-18(21)22)11-7-8-12-24-13-16-9-5-4-6-10-16/h4-6,9-10,17H,7-8,11-15H2,1-3H3. The summed E-state index contributed by atoms with van der Waals surface area (Å²) in [5.41, 5.74) is 0.515. The zero-order valence-corrected chi connectivity index (χ0v) is 15.9. The van der Waals surface area contributed by atoms with Crippen molar-refractivity contribution in [1.82, 2.24) is 4.90 Å². The van der Waals surface area contributed by atoms with Crippen LogP contribution >= 0.6 is 0 Å². The maximum Gasteiger partial charge on any atom is 0.417 e. The van der Waals surface area contributed by atoms with E-state index < -0.39 is 11.7 Å². The number of amides is 2. The zero-order valence-electron chi connectivity index (χ0n) is 15.9. The van der Waals surface area contributed by atoms with Gasteiger partial charge in [0.25, 0.3) is 5.91 Å². The van der Waals surface area contributed by atoms with Crippen molar-refractivity contribution < 1.29 is 23.8 Å². The Balaban J connectivity index is 1.73. The lowest BCUT2D eigenvalue weighted by Crippen LogP contribution is -2.53. The van der Waals surface area contributed by atoms with E-state index in [1.807, 2.05) is 30.3 Å². The molecule has 0 bridgehead atoms. The van der Waals surface area contributed by atoms with Gasteiger partial charge in [-0.2, -0.15) is 0 Å². The number of ether oxygens (including phenoxy) is 3. The first-order valence-corrected chi connectivity index (χ1v) is 9.11. The molecule has 0 aromatic heterocycles. The number of carbonyl (C=O) groups excluding carboxylic acids is 2. The Morgan fingerprint density at radius 1 is 1.23 bits per heavy atom. The number of unbranched alkanes of at least 4 members (excludes halogenated alkanes) is 1. The number of hydrogen-bond acceptors (Lipinski definition) is 5. The van der Waals surface area contributed by atoms with Crippen molar-refractivity contribution >= 4 is 12.0 Å². The number of nitrogens with zero attached hydrogens (tertiary/aromatic N) is 1. The van der Waals surface area contributed by atoms with Crippen molar-refractivity contribution in [3.05, 3.63) is 35.9 Å². The van der Waals surface area contributed by atoms with Crippen LogP contribution in [-0.4, -0.2) is 48.4 Å². The fourth-order valence-electron chi connectivity index (χ4n) is 2.75. The van der Waals surface area contributed by atoms with Crippen molar-refractivity contribution in [2.45, 2.75) is 58.3 Å². The van der Waals surface area contributed by atoms with Gasteiger partial charge in [0.2, 0.25) is 0 Å². The summed E-state index contributed by atoms with van der Waals surface area (Å²) in [6.45, 7) is 6.88. The summed E-state index contributed by atoms with van der Waals surface area (Å²) >= 11 is 0. The fourth-order valence-corrected chi connectivity index (χ4v) is 2.75. The van der Waals surface area contributed by atoms with Crippen LogP contribution in [0.1, 0.15) is 45.6 Å². The fraction of sp³-hybridized carbons (Fsp3) is 0.600. The lowest BCUT2D eigenvalue weighted by molar-refractivity contribution is -0.146. The lowest BCUT2D eigenvalue weighted by atomic mass is 10.1. The first kappa shape index (κ1) is 20.4. The smallest absolute Gasteiger partial charge is 0.417 e. The third-order valence-electron chi connectivity index (χ3n) is 3.95. The molecule has 1 heterocycles. The maximum absolute atomic E-state index is 12.3. The number of rotatable bonds is 7. The Hall–Kier alpha value is -1.92. The maximum atomic E-state index is 12.3. The summed E-state index contributed by atoms with van der Waals surface area (Å²) in [4.78, 5) is 25.7. The van der Waals surface area contributed by atoms with Crippen LogP contribution in [-0.2, 0) is 25.6 Å². The molecule has 0 radical (unpaired) electrons. The third-order valence-corrected chi connectivity index (χ3v) is 3.95. The van der Waals surface area contributed by atoms with Gasteiger partial charge in [0.05, 0.1) is 19.3 Å². The van der Waals surface area contributed by atoms with Crippen LogP contribution in [0.3, 0.4) is 0 Å². The molecule has 26 heavy (non-hydrogen) atoms. The summed E-state index contributed by atoms with van der Waals surface area (Å²) in [5, 5.41) is 0. The summed E-state index contributed by atoms with van der Waals surface area (Å²) < 4.78 is 16.3. The Morgan fingerprint density at radius 2 is 1.96 bits per heavy atom. The highest BCUT2D eigenvalue weighted by Gasteiger charge is 2.36. The van der Waals surface area contributed by atoms with E-state index in [4.69, 9.17) is 14.2 Å². The Bertz CT molecular complexity index is 582. The molecule has 1 aromatic rings. The molecule has 0 saturated carbocycles. The summed E-state index contributed by atoms with van der Waals surface area (Å²) in [6, 6.07) is 9.75. The molecular formula is C20H29NO5. The monoisotopic (exact) mass is 363 g/mol. The van der Waals surface area contributed by atoms with E-state index in [1.165, 1.54) is 4.90 Å². The van der Waals surface area contributed by atoms with E-state index in [-0.39, 0.29) is 18.6 Å². The molecule has 1 unspecified atom stereocenters. The number of carbonyl (C=O) groups is 2. The highest BCUT2D eigenvalue weighted by atomic mass is 16.6.